The first-order valence-corrected chi connectivity index (χ1v) is 7.93. The second-order valence-electron chi connectivity index (χ2n) is 5.34. The molecule has 1 heterocycles. The summed E-state index contributed by atoms with van der Waals surface area (Å²) < 4.78 is 16.5. The molecule has 124 valence electrons. The van der Waals surface area contributed by atoms with Crippen molar-refractivity contribution in [3.63, 3.8) is 0 Å². The van der Waals surface area contributed by atoms with Crippen molar-refractivity contribution >= 4 is 12.6 Å². The maximum atomic E-state index is 5.96. The fraction of sp³-hybridized carbons (Fsp3) is 0.222. The van der Waals surface area contributed by atoms with Crippen LogP contribution in [0.2, 0.25) is 0 Å². The minimum atomic E-state index is 0.435. The molecule has 5 nitrogen and oxygen atoms in total. The Hall–Kier alpha value is -2.47. The highest BCUT2D eigenvalue weighted by Crippen LogP contribution is 2.41. The smallest absolute Gasteiger partial charge is 0.223 e. The Balaban J connectivity index is 1.96. The number of thiol groups is 1. The molecule has 1 aromatic heterocycles. The fourth-order valence-corrected chi connectivity index (χ4v) is 2.68. The van der Waals surface area contributed by atoms with Crippen LogP contribution in [0.4, 0.5) is 0 Å². The molecule has 0 saturated carbocycles. The average molecular weight is 342 g/mol. The van der Waals surface area contributed by atoms with E-state index in [0.717, 1.165) is 16.7 Å². The Kier molecular flexibility index (Phi) is 4.76. The highest BCUT2D eigenvalue weighted by molar-refractivity contribution is 7.80. The summed E-state index contributed by atoms with van der Waals surface area (Å²) in [6.45, 7) is 4.13. The zero-order chi connectivity index (χ0) is 17.1. The monoisotopic (exact) mass is 342 g/mol. The Morgan fingerprint density at radius 3 is 2.54 bits per heavy atom. The first-order chi connectivity index (χ1) is 11.6. The Bertz CT molecular complexity index is 847. The number of hydrogen-bond acceptors (Lipinski definition) is 6. The maximum Gasteiger partial charge on any atom is 0.223 e. The molecule has 0 spiro atoms. The predicted molar refractivity (Wildman–Crippen MR) is 93.8 cm³/mol. The Morgan fingerprint density at radius 2 is 1.92 bits per heavy atom. The third-order valence-electron chi connectivity index (χ3n) is 3.69. The summed E-state index contributed by atoms with van der Waals surface area (Å²) in [5.74, 6) is 2.20. The van der Waals surface area contributed by atoms with Crippen LogP contribution in [0.1, 0.15) is 17.0 Å². The lowest BCUT2D eigenvalue weighted by Crippen LogP contribution is -2.01. The lowest BCUT2D eigenvalue weighted by molar-refractivity contribution is 0.277. The number of nitrogens with zero attached hydrogens (tertiary/aromatic N) is 2. The van der Waals surface area contributed by atoms with Crippen molar-refractivity contribution in [2.24, 2.45) is 0 Å². The van der Waals surface area contributed by atoms with E-state index in [1.807, 2.05) is 43.3 Å². The van der Waals surface area contributed by atoms with Crippen LogP contribution in [-0.2, 0) is 6.61 Å². The fourth-order valence-electron chi connectivity index (χ4n) is 2.38. The molecule has 0 fully saturated rings. The van der Waals surface area contributed by atoms with Gasteiger partial charge in [0.1, 0.15) is 6.61 Å². The minimum Gasteiger partial charge on any atom is -0.493 e. The van der Waals surface area contributed by atoms with Crippen LogP contribution in [0, 0.1) is 13.8 Å². The highest BCUT2D eigenvalue weighted by Gasteiger charge is 2.19. The van der Waals surface area contributed by atoms with Crippen molar-refractivity contribution in [1.82, 2.24) is 10.1 Å². The van der Waals surface area contributed by atoms with Crippen LogP contribution >= 0.6 is 12.6 Å². The summed E-state index contributed by atoms with van der Waals surface area (Å²) in [5.41, 5.74) is 2.78. The van der Waals surface area contributed by atoms with E-state index in [2.05, 4.69) is 22.8 Å². The average Bonchev–Trinajstić information content (AvgIpc) is 3.03. The molecule has 3 aromatic rings. The van der Waals surface area contributed by atoms with Gasteiger partial charge in [-0.05, 0) is 24.1 Å². The van der Waals surface area contributed by atoms with E-state index < -0.39 is 0 Å². The topological polar surface area (TPSA) is 57.4 Å². The third-order valence-corrected chi connectivity index (χ3v) is 4.23. The lowest BCUT2D eigenvalue weighted by Gasteiger charge is -2.16. The zero-order valence-corrected chi connectivity index (χ0v) is 14.6. The Labute approximate surface area is 146 Å². The standard InChI is InChI=1S/C18H18N2O3S/c1-11-14(18-19-12(2)23-20-18)9-15(21-3)16(17(11)24)22-10-13-7-5-4-6-8-13/h4-9,24H,10H2,1-3H3. The van der Waals surface area contributed by atoms with Crippen LogP contribution in [-0.4, -0.2) is 17.3 Å². The van der Waals surface area contributed by atoms with Gasteiger partial charge in [-0.25, -0.2) is 0 Å². The van der Waals surface area contributed by atoms with Gasteiger partial charge in [0.05, 0.1) is 12.0 Å². The van der Waals surface area contributed by atoms with Gasteiger partial charge < -0.3 is 14.0 Å². The minimum absolute atomic E-state index is 0.435. The first kappa shape index (κ1) is 16.4. The molecule has 0 radical (unpaired) electrons. The number of methoxy groups -OCH3 is 1. The molecule has 0 aliphatic heterocycles. The molecule has 0 aliphatic carbocycles. The van der Waals surface area contributed by atoms with E-state index in [0.29, 0.717) is 34.7 Å². The van der Waals surface area contributed by atoms with Crippen molar-refractivity contribution in [3.05, 3.63) is 53.4 Å². The quantitative estimate of drug-likeness (QED) is 0.703. The number of rotatable bonds is 5. The summed E-state index contributed by atoms with van der Waals surface area (Å²) in [7, 11) is 1.60. The van der Waals surface area contributed by atoms with E-state index in [4.69, 9.17) is 14.0 Å². The number of benzene rings is 2. The largest absolute Gasteiger partial charge is 0.493 e. The van der Waals surface area contributed by atoms with Crippen molar-refractivity contribution in [1.29, 1.82) is 0 Å². The summed E-state index contributed by atoms with van der Waals surface area (Å²) in [4.78, 5) is 4.97. The summed E-state index contributed by atoms with van der Waals surface area (Å²) in [6.07, 6.45) is 0. The van der Waals surface area contributed by atoms with Crippen LogP contribution in [0.25, 0.3) is 11.4 Å². The normalized spacial score (nSPS) is 10.7. The third kappa shape index (κ3) is 3.23. The number of aryl methyl sites for hydroxylation is 1. The highest BCUT2D eigenvalue weighted by atomic mass is 32.1. The predicted octanol–water partition coefficient (Wildman–Crippen LogP) is 4.23. The SMILES string of the molecule is COc1cc(-c2noc(C)n2)c(C)c(S)c1OCc1ccccc1. The van der Waals surface area contributed by atoms with E-state index in [1.165, 1.54) is 0 Å². The summed E-state index contributed by atoms with van der Waals surface area (Å²) >= 11 is 4.62. The first-order valence-electron chi connectivity index (χ1n) is 7.48. The molecule has 24 heavy (non-hydrogen) atoms. The number of ether oxygens (including phenoxy) is 2. The Morgan fingerprint density at radius 1 is 1.17 bits per heavy atom. The van der Waals surface area contributed by atoms with Crippen LogP contribution in [0.15, 0.2) is 45.8 Å². The van der Waals surface area contributed by atoms with E-state index in [1.54, 1.807) is 14.0 Å². The number of hydrogen-bond donors (Lipinski definition) is 1. The molecule has 0 unspecified atom stereocenters. The second kappa shape index (κ2) is 6.97. The summed E-state index contributed by atoms with van der Waals surface area (Å²) in [6, 6.07) is 11.8. The molecule has 0 atom stereocenters. The molecule has 6 heteroatoms. The van der Waals surface area contributed by atoms with Gasteiger partial charge in [-0.1, -0.05) is 35.5 Å². The van der Waals surface area contributed by atoms with Gasteiger partial charge in [-0.2, -0.15) is 4.98 Å². The van der Waals surface area contributed by atoms with Crippen molar-refractivity contribution < 1.29 is 14.0 Å². The van der Waals surface area contributed by atoms with Gasteiger partial charge in [0.25, 0.3) is 0 Å². The molecule has 0 aliphatic rings. The van der Waals surface area contributed by atoms with Gasteiger partial charge >= 0.3 is 0 Å². The maximum absolute atomic E-state index is 5.96. The van der Waals surface area contributed by atoms with Crippen LogP contribution in [0.5, 0.6) is 11.5 Å². The van der Waals surface area contributed by atoms with Gasteiger partial charge in [0.2, 0.25) is 11.7 Å². The molecule has 0 N–H and O–H groups in total. The van der Waals surface area contributed by atoms with Crippen LogP contribution in [0.3, 0.4) is 0 Å². The van der Waals surface area contributed by atoms with Crippen molar-refractivity contribution in [2.45, 2.75) is 25.3 Å². The molecule has 3 rings (SSSR count). The van der Waals surface area contributed by atoms with E-state index >= 15 is 0 Å². The molecule has 0 bridgehead atoms. The molecule has 0 amide bonds. The lowest BCUT2D eigenvalue weighted by atomic mass is 10.1. The van der Waals surface area contributed by atoms with Gasteiger partial charge in [0.15, 0.2) is 11.5 Å². The van der Waals surface area contributed by atoms with Gasteiger partial charge in [-0.15, -0.1) is 12.6 Å². The molecular weight excluding hydrogens is 324 g/mol. The molecule has 0 saturated heterocycles. The molecule has 2 aromatic carbocycles. The molecular formula is C18H18N2O3S. The van der Waals surface area contributed by atoms with Crippen molar-refractivity contribution in [2.75, 3.05) is 7.11 Å². The van der Waals surface area contributed by atoms with E-state index in [9.17, 15) is 0 Å². The van der Waals surface area contributed by atoms with Crippen LogP contribution < -0.4 is 9.47 Å². The second-order valence-corrected chi connectivity index (χ2v) is 5.79. The number of aromatic nitrogens is 2. The van der Waals surface area contributed by atoms with Gasteiger partial charge in [-0.3, -0.25) is 0 Å². The van der Waals surface area contributed by atoms with E-state index in [-0.39, 0.29) is 0 Å². The summed E-state index contributed by atoms with van der Waals surface area (Å²) in [5, 5.41) is 3.97. The van der Waals surface area contributed by atoms with Gasteiger partial charge in [0, 0.05) is 12.5 Å². The zero-order valence-electron chi connectivity index (χ0n) is 13.7. The van der Waals surface area contributed by atoms with Crippen molar-refractivity contribution in [3.8, 4) is 22.9 Å².